The summed E-state index contributed by atoms with van der Waals surface area (Å²) in [4.78, 5) is 2.71. The molecule has 0 amide bonds. The third kappa shape index (κ3) is 3.01. The fourth-order valence-electron chi connectivity index (χ4n) is 2.35. The van der Waals surface area contributed by atoms with Crippen LogP contribution in [0.15, 0.2) is 24.3 Å². The van der Waals surface area contributed by atoms with E-state index in [2.05, 4.69) is 4.90 Å². The number of rotatable bonds is 3. The molecule has 1 aromatic carbocycles. The van der Waals surface area contributed by atoms with E-state index in [1.807, 2.05) is 12.1 Å². The van der Waals surface area contributed by atoms with Crippen molar-refractivity contribution in [1.82, 2.24) is 4.90 Å². The molecular weight excluding hydrogens is 235 g/mol. The molecule has 0 bridgehead atoms. The summed E-state index contributed by atoms with van der Waals surface area (Å²) in [5.74, 6) is -0.153. The monoisotopic (exact) mass is 252 g/mol. The fourth-order valence-corrected chi connectivity index (χ4v) is 2.61. The van der Waals surface area contributed by atoms with Crippen LogP contribution in [0.4, 0.5) is 4.39 Å². The molecule has 1 aliphatic heterocycles. The van der Waals surface area contributed by atoms with Crippen LogP contribution in [-0.4, -0.2) is 22.5 Å². The van der Waals surface area contributed by atoms with Gasteiger partial charge in [-0.25, -0.2) is 4.39 Å². The minimum atomic E-state index is -0.153. The number of nitrogens with two attached hydrogens (primary N) is 1. The van der Waals surface area contributed by atoms with Gasteiger partial charge in [0.05, 0.1) is 11.0 Å². The zero-order chi connectivity index (χ0) is 12.3. The van der Waals surface area contributed by atoms with Crippen LogP contribution in [0.2, 0.25) is 0 Å². The number of nitrogens with zero attached hydrogens (tertiary/aromatic N) is 1. The first-order valence-electron chi connectivity index (χ1n) is 5.95. The number of hydrogen-bond acceptors (Lipinski definition) is 2. The lowest BCUT2D eigenvalue weighted by atomic mass is 10.0. The molecule has 1 saturated heterocycles. The van der Waals surface area contributed by atoms with Crippen molar-refractivity contribution in [2.45, 2.75) is 31.8 Å². The molecule has 0 radical (unpaired) electrons. The van der Waals surface area contributed by atoms with Crippen molar-refractivity contribution in [3.63, 3.8) is 0 Å². The molecule has 2 nitrogen and oxygen atoms in total. The Labute approximate surface area is 107 Å². The third-order valence-corrected chi connectivity index (χ3v) is 3.55. The number of thiocarbonyl (C=S) groups is 1. The van der Waals surface area contributed by atoms with Gasteiger partial charge >= 0.3 is 0 Å². The standard InChI is InChI=1S/C13H17FN2S/c14-11-6-2-1-5-10(11)9-16-8-4-3-7-12(16)13(15)17/h1-2,5-6,12H,3-4,7-9H2,(H2,15,17). The smallest absolute Gasteiger partial charge is 0.127 e. The van der Waals surface area contributed by atoms with E-state index in [-0.39, 0.29) is 11.9 Å². The number of piperidine rings is 1. The second-order valence-corrected chi connectivity index (χ2v) is 4.95. The molecule has 0 saturated carbocycles. The SMILES string of the molecule is NC(=S)C1CCCCN1Cc1ccccc1F. The summed E-state index contributed by atoms with van der Waals surface area (Å²) < 4.78 is 13.6. The van der Waals surface area contributed by atoms with Gasteiger partial charge in [0.2, 0.25) is 0 Å². The van der Waals surface area contributed by atoms with Gasteiger partial charge in [-0.05, 0) is 25.5 Å². The van der Waals surface area contributed by atoms with E-state index in [0.29, 0.717) is 11.5 Å². The van der Waals surface area contributed by atoms with E-state index >= 15 is 0 Å². The van der Waals surface area contributed by atoms with E-state index in [9.17, 15) is 4.39 Å². The highest BCUT2D eigenvalue weighted by Crippen LogP contribution is 2.20. The van der Waals surface area contributed by atoms with Crippen molar-refractivity contribution in [3.8, 4) is 0 Å². The van der Waals surface area contributed by atoms with Crippen molar-refractivity contribution in [2.24, 2.45) is 5.73 Å². The van der Waals surface area contributed by atoms with Crippen LogP contribution >= 0.6 is 12.2 Å². The minimum absolute atomic E-state index is 0.123. The average Bonchev–Trinajstić information content (AvgIpc) is 2.32. The van der Waals surface area contributed by atoms with E-state index in [0.717, 1.165) is 31.4 Å². The second kappa shape index (κ2) is 5.56. The maximum absolute atomic E-state index is 13.6. The molecule has 1 aromatic rings. The fraction of sp³-hybridized carbons (Fsp3) is 0.462. The average molecular weight is 252 g/mol. The molecule has 1 aliphatic rings. The molecule has 1 atom stereocenters. The molecule has 4 heteroatoms. The normalized spacial score (nSPS) is 21.4. The molecule has 2 N–H and O–H groups in total. The largest absolute Gasteiger partial charge is 0.392 e. The molecular formula is C13H17FN2S. The Bertz CT molecular complexity index is 408. The molecule has 1 heterocycles. The first kappa shape index (κ1) is 12.5. The van der Waals surface area contributed by atoms with Gasteiger partial charge in [-0.15, -0.1) is 0 Å². The predicted octanol–water partition coefficient (Wildman–Crippen LogP) is 2.47. The summed E-state index contributed by atoms with van der Waals surface area (Å²) in [6.07, 6.45) is 3.27. The lowest BCUT2D eigenvalue weighted by Crippen LogP contribution is -2.46. The summed E-state index contributed by atoms with van der Waals surface area (Å²) in [5, 5.41) is 0. The van der Waals surface area contributed by atoms with Crippen molar-refractivity contribution >= 4 is 17.2 Å². The van der Waals surface area contributed by atoms with Gasteiger partial charge in [0, 0.05) is 12.1 Å². The van der Waals surface area contributed by atoms with E-state index < -0.39 is 0 Å². The van der Waals surface area contributed by atoms with Crippen LogP contribution < -0.4 is 5.73 Å². The van der Waals surface area contributed by atoms with Crippen molar-refractivity contribution in [1.29, 1.82) is 0 Å². The van der Waals surface area contributed by atoms with Crippen molar-refractivity contribution in [3.05, 3.63) is 35.6 Å². The number of halogens is 1. The first-order valence-corrected chi connectivity index (χ1v) is 6.36. The summed E-state index contributed by atoms with van der Waals surface area (Å²) in [6, 6.07) is 7.01. The van der Waals surface area contributed by atoms with E-state index in [4.69, 9.17) is 18.0 Å². The Morgan fingerprint density at radius 3 is 2.88 bits per heavy atom. The summed E-state index contributed by atoms with van der Waals surface area (Å²) in [7, 11) is 0. The van der Waals surface area contributed by atoms with Crippen LogP contribution in [0.3, 0.4) is 0 Å². The van der Waals surface area contributed by atoms with Crippen LogP contribution in [0.5, 0.6) is 0 Å². The maximum atomic E-state index is 13.6. The zero-order valence-electron chi connectivity index (χ0n) is 9.73. The van der Waals surface area contributed by atoms with Gasteiger partial charge in [0.25, 0.3) is 0 Å². The Kier molecular flexibility index (Phi) is 4.07. The summed E-state index contributed by atoms with van der Waals surface area (Å²) >= 11 is 5.08. The Hall–Kier alpha value is -1.00. The Morgan fingerprint density at radius 2 is 2.18 bits per heavy atom. The van der Waals surface area contributed by atoms with Crippen LogP contribution in [0.25, 0.3) is 0 Å². The Balaban J connectivity index is 2.11. The van der Waals surface area contributed by atoms with Crippen molar-refractivity contribution in [2.75, 3.05) is 6.54 Å². The molecule has 92 valence electrons. The van der Waals surface area contributed by atoms with Crippen molar-refractivity contribution < 1.29 is 4.39 Å². The third-order valence-electron chi connectivity index (χ3n) is 3.27. The highest BCUT2D eigenvalue weighted by Gasteiger charge is 2.24. The van der Waals surface area contributed by atoms with Gasteiger partial charge in [-0.2, -0.15) is 0 Å². The topological polar surface area (TPSA) is 29.3 Å². The van der Waals surface area contributed by atoms with Crippen LogP contribution in [-0.2, 0) is 6.54 Å². The maximum Gasteiger partial charge on any atom is 0.127 e. The quantitative estimate of drug-likeness (QED) is 0.838. The van der Waals surface area contributed by atoms with Gasteiger partial charge in [0.1, 0.15) is 5.82 Å². The van der Waals surface area contributed by atoms with E-state index in [1.54, 1.807) is 6.07 Å². The van der Waals surface area contributed by atoms with Gasteiger partial charge < -0.3 is 5.73 Å². The molecule has 0 spiro atoms. The molecule has 1 fully saturated rings. The lowest BCUT2D eigenvalue weighted by Gasteiger charge is -2.35. The van der Waals surface area contributed by atoms with Crippen LogP contribution in [0.1, 0.15) is 24.8 Å². The van der Waals surface area contributed by atoms with Gasteiger partial charge in [-0.3, -0.25) is 4.90 Å². The van der Waals surface area contributed by atoms with Gasteiger partial charge in [0.15, 0.2) is 0 Å². The highest BCUT2D eigenvalue weighted by molar-refractivity contribution is 7.80. The zero-order valence-corrected chi connectivity index (χ0v) is 10.5. The lowest BCUT2D eigenvalue weighted by molar-refractivity contribution is 0.182. The molecule has 0 aliphatic carbocycles. The molecule has 0 aromatic heterocycles. The number of likely N-dealkylation sites (tertiary alicyclic amines) is 1. The summed E-state index contributed by atoms with van der Waals surface area (Å²) in [6.45, 7) is 1.53. The van der Waals surface area contributed by atoms with E-state index in [1.165, 1.54) is 6.07 Å². The van der Waals surface area contributed by atoms with Crippen LogP contribution in [0, 0.1) is 5.82 Å². The predicted molar refractivity (Wildman–Crippen MR) is 71.2 cm³/mol. The molecule has 17 heavy (non-hydrogen) atoms. The summed E-state index contributed by atoms with van der Waals surface area (Å²) in [5.41, 5.74) is 6.46. The first-order chi connectivity index (χ1) is 8.18. The second-order valence-electron chi connectivity index (χ2n) is 4.48. The Morgan fingerprint density at radius 1 is 1.41 bits per heavy atom. The van der Waals surface area contributed by atoms with Gasteiger partial charge in [-0.1, -0.05) is 36.8 Å². The number of hydrogen-bond donors (Lipinski definition) is 1. The highest BCUT2D eigenvalue weighted by atomic mass is 32.1. The molecule has 1 unspecified atom stereocenters. The minimum Gasteiger partial charge on any atom is -0.392 e. The molecule has 2 rings (SSSR count). The number of benzene rings is 1.